The first-order valence-corrected chi connectivity index (χ1v) is 8.91. The molecule has 1 aromatic carbocycles. The maximum Gasteiger partial charge on any atom is 0.319 e. The Morgan fingerprint density at radius 1 is 1.12 bits per heavy atom. The second-order valence-corrected chi connectivity index (χ2v) is 6.99. The molecule has 1 aromatic rings. The Hall–Kier alpha value is -2.24. The van der Waals surface area contributed by atoms with Crippen LogP contribution in [-0.4, -0.2) is 48.6 Å². The van der Waals surface area contributed by atoms with Gasteiger partial charge in [0.2, 0.25) is 5.91 Å². The Labute approximate surface area is 142 Å². The lowest BCUT2D eigenvalue weighted by molar-refractivity contribution is -0.128. The maximum absolute atomic E-state index is 12.4. The highest BCUT2D eigenvalue weighted by Gasteiger charge is 2.39. The number of para-hydroxylation sites is 2. The zero-order chi connectivity index (χ0) is 16.5. The summed E-state index contributed by atoms with van der Waals surface area (Å²) >= 11 is 0. The number of benzene rings is 1. The van der Waals surface area contributed by atoms with Crippen LogP contribution in [0.2, 0.25) is 0 Å². The van der Waals surface area contributed by atoms with E-state index in [1.165, 1.54) is 12.8 Å². The van der Waals surface area contributed by atoms with Crippen molar-refractivity contribution in [3.63, 3.8) is 0 Å². The molecule has 2 heterocycles. The van der Waals surface area contributed by atoms with E-state index < -0.39 is 0 Å². The first-order valence-electron chi connectivity index (χ1n) is 8.91. The van der Waals surface area contributed by atoms with Crippen molar-refractivity contribution in [3.05, 3.63) is 24.3 Å². The van der Waals surface area contributed by atoms with E-state index in [0.717, 1.165) is 37.3 Å². The third-order valence-electron chi connectivity index (χ3n) is 5.08. The Morgan fingerprint density at radius 3 is 2.62 bits per heavy atom. The molecule has 0 bridgehead atoms. The molecular formula is C18H24N4O2. The van der Waals surface area contributed by atoms with E-state index in [2.05, 4.69) is 21.6 Å². The average Bonchev–Trinajstić information content (AvgIpc) is 3.12. The van der Waals surface area contributed by atoms with E-state index in [9.17, 15) is 9.59 Å². The predicted octanol–water partition coefficient (Wildman–Crippen LogP) is 2.17. The minimum Gasteiger partial charge on any atom is -0.370 e. The van der Waals surface area contributed by atoms with E-state index in [4.69, 9.17) is 0 Å². The third kappa shape index (κ3) is 3.18. The highest BCUT2D eigenvalue weighted by molar-refractivity contribution is 5.94. The Bertz CT molecular complexity index is 638. The molecule has 1 saturated carbocycles. The van der Waals surface area contributed by atoms with Gasteiger partial charge in [-0.1, -0.05) is 12.1 Å². The third-order valence-corrected chi connectivity index (χ3v) is 5.08. The van der Waals surface area contributed by atoms with Crippen LogP contribution in [-0.2, 0) is 4.79 Å². The number of nitrogens with zero attached hydrogens (tertiary/aromatic N) is 2. The van der Waals surface area contributed by atoms with Gasteiger partial charge in [0.05, 0.1) is 17.4 Å². The van der Waals surface area contributed by atoms with Gasteiger partial charge >= 0.3 is 6.03 Å². The lowest BCUT2D eigenvalue weighted by atomic mass is 10.2. The van der Waals surface area contributed by atoms with Crippen molar-refractivity contribution in [1.82, 2.24) is 10.2 Å². The quantitative estimate of drug-likeness (QED) is 0.890. The molecule has 1 atom stereocenters. The molecule has 6 nitrogen and oxygen atoms in total. The van der Waals surface area contributed by atoms with Crippen molar-refractivity contribution in [2.24, 2.45) is 0 Å². The summed E-state index contributed by atoms with van der Waals surface area (Å²) in [7, 11) is 0. The number of amides is 3. The molecule has 0 radical (unpaired) electrons. The van der Waals surface area contributed by atoms with Crippen LogP contribution in [0.5, 0.6) is 0 Å². The van der Waals surface area contributed by atoms with Crippen molar-refractivity contribution in [2.75, 3.05) is 29.9 Å². The standard InChI is InChI=1S/C18H24N4O2/c23-17-11-13(12-22(17)14-7-8-14)19-18(24)20-15-5-1-2-6-16(15)21-9-3-4-10-21/h1-2,5-6,13-14H,3-4,7-12H2,(H2,19,20,24)/t13-/m0/s1. The van der Waals surface area contributed by atoms with Crippen molar-refractivity contribution >= 4 is 23.3 Å². The molecule has 6 heteroatoms. The second kappa shape index (κ2) is 6.34. The molecule has 2 N–H and O–H groups in total. The van der Waals surface area contributed by atoms with Crippen LogP contribution in [0.1, 0.15) is 32.1 Å². The van der Waals surface area contributed by atoms with Gasteiger partial charge in [-0.3, -0.25) is 4.79 Å². The maximum atomic E-state index is 12.4. The molecule has 4 rings (SSSR count). The van der Waals surface area contributed by atoms with Gasteiger partial charge in [0.15, 0.2) is 0 Å². The molecule has 3 fully saturated rings. The summed E-state index contributed by atoms with van der Waals surface area (Å²) in [4.78, 5) is 28.6. The minimum absolute atomic E-state index is 0.0861. The highest BCUT2D eigenvalue weighted by Crippen LogP contribution is 2.31. The number of hydrogen-bond acceptors (Lipinski definition) is 3. The van der Waals surface area contributed by atoms with Gasteiger partial charge in [0.1, 0.15) is 0 Å². The summed E-state index contributed by atoms with van der Waals surface area (Å²) in [5.41, 5.74) is 1.91. The van der Waals surface area contributed by atoms with Gasteiger partial charge in [-0.25, -0.2) is 4.79 Å². The SMILES string of the molecule is O=C(Nc1ccccc1N1CCCC1)N[C@H]1CC(=O)N(C2CC2)C1. The Balaban J connectivity index is 1.37. The van der Waals surface area contributed by atoms with Crippen LogP contribution in [0.25, 0.3) is 0 Å². The lowest BCUT2D eigenvalue weighted by Crippen LogP contribution is -2.40. The highest BCUT2D eigenvalue weighted by atomic mass is 16.2. The zero-order valence-corrected chi connectivity index (χ0v) is 13.8. The number of carbonyl (C=O) groups is 2. The summed E-state index contributed by atoms with van der Waals surface area (Å²) in [6, 6.07) is 8.03. The van der Waals surface area contributed by atoms with Crippen molar-refractivity contribution < 1.29 is 9.59 Å². The smallest absolute Gasteiger partial charge is 0.319 e. The average molecular weight is 328 g/mol. The van der Waals surface area contributed by atoms with Crippen LogP contribution in [0.4, 0.5) is 16.2 Å². The number of rotatable bonds is 4. The van der Waals surface area contributed by atoms with Gasteiger partial charge in [-0.2, -0.15) is 0 Å². The van der Waals surface area contributed by atoms with Gasteiger partial charge in [0.25, 0.3) is 0 Å². The zero-order valence-electron chi connectivity index (χ0n) is 13.8. The van der Waals surface area contributed by atoms with E-state index in [1.807, 2.05) is 23.1 Å². The molecule has 1 aliphatic carbocycles. The van der Waals surface area contributed by atoms with E-state index in [1.54, 1.807) is 0 Å². The molecule has 0 spiro atoms. The fourth-order valence-corrected chi connectivity index (χ4v) is 3.72. The van der Waals surface area contributed by atoms with E-state index in [0.29, 0.717) is 19.0 Å². The molecule has 128 valence electrons. The monoisotopic (exact) mass is 328 g/mol. The Morgan fingerprint density at radius 2 is 1.88 bits per heavy atom. The van der Waals surface area contributed by atoms with Crippen molar-refractivity contribution in [1.29, 1.82) is 0 Å². The van der Waals surface area contributed by atoms with Gasteiger partial charge in [0, 0.05) is 32.1 Å². The van der Waals surface area contributed by atoms with Crippen molar-refractivity contribution in [3.8, 4) is 0 Å². The van der Waals surface area contributed by atoms with Crippen LogP contribution >= 0.6 is 0 Å². The van der Waals surface area contributed by atoms with E-state index in [-0.39, 0.29) is 18.0 Å². The van der Waals surface area contributed by atoms with Crippen LogP contribution in [0, 0.1) is 0 Å². The van der Waals surface area contributed by atoms with Gasteiger partial charge < -0.3 is 20.4 Å². The molecular weight excluding hydrogens is 304 g/mol. The molecule has 0 unspecified atom stereocenters. The summed E-state index contributed by atoms with van der Waals surface area (Å²) in [5.74, 6) is 0.167. The van der Waals surface area contributed by atoms with E-state index >= 15 is 0 Å². The number of nitrogens with one attached hydrogen (secondary N) is 2. The fraction of sp³-hybridized carbons (Fsp3) is 0.556. The van der Waals surface area contributed by atoms with Crippen LogP contribution in [0.3, 0.4) is 0 Å². The summed E-state index contributed by atoms with van der Waals surface area (Å²) in [6.45, 7) is 2.71. The molecule has 3 aliphatic rings. The largest absolute Gasteiger partial charge is 0.370 e. The number of hydrogen-bond donors (Lipinski definition) is 2. The summed E-state index contributed by atoms with van der Waals surface area (Å²) in [5, 5.41) is 5.92. The summed E-state index contributed by atoms with van der Waals surface area (Å²) in [6.07, 6.45) is 5.02. The Kier molecular flexibility index (Phi) is 4.04. The number of urea groups is 1. The summed E-state index contributed by atoms with van der Waals surface area (Å²) < 4.78 is 0. The fourth-order valence-electron chi connectivity index (χ4n) is 3.72. The molecule has 3 amide bonds. The first kappa shape index (κ1) is 15.3. The first-order chi connectivity index (χ1) is 11.7. The number of carbonyl (C=O) groups excluding carboxylic acids is 2. The van der Waals surface area contributed by atoms with Crippen LogP contribution < -0.4 is 15.5 Å². The minimum atomic E-state index is -0.225. The number of anilines is 2. The van der Waals surface area contributed by atoms with Crippen molar-refractivity contribution in [2.45, 2.75) is 44.2 Å². The molecule has 2 saturated heterocycles. The van der Waals surface area contributed by atoms with Gasteiger partial charge in [-0.05, 0) is 37.8 Å². The number of likely N-dealkylation sites (tertiary alicyclic amines) is 1. The molecule has 0 aromatic heterocycles. The molecule has 24 heavy (non-hydrogen) atoms. The van der Waals surface area contributed by atoms with Gasteiger partial charge in [-0.15, -0.1) is 0 Å². The molecule has 2 aliphatic heterocycles. The predicted molar refractivity (Wildman–Crippen MR) is 93.2 cm³/mol. The topological polar surface area (TPSA) is 64.7 Å². The second-order valence-electron chi connectivity index (χ2n) is 6.99. The van der Waals surface area contributed by atoms with Crippen LogP contribution in [0.15, 0.2) is 24.3 Å². The lowest BCUT2D eigenvalue weighted by Gasteiger charge is -2.22. The normalized spacial score (nSPS) is 23.7.